The van der Waals surface area contributed by atoms with Crippen LogP contribution in [0, 0.1) is 0 Å². The van der Waals surface area contributed by atoms with Crippen molar-refractivity contribution in [1.29, 1.82) is 0 Å². The molecule has 21 aromatic carbocycles. The lowest BCUT2D eigenvalue weighted by Crippen LogP contribution is -2.65. The minimum atomic E-state index is -0.697. The van der Waals surface area contributed by atoms with E-state index in [0.717, 1.165) is 124 Å². The molecule has 4 aliphatic heterocycles. The summed E-state index contributed by atoms with van der Waals surface area (Å²) >= 11 is 0. The predicted molar refractivity (Wildman–Crippen MR) is 634 cm³/mol. The molecule has 0 fully saturated rings. The second kappa shape index (κ2) is 32.7. The zero-order valence-electron chi connectivity index (χ0n) is 86.8. The average molecular weight is 1920 g/mol. The SMILES string of the molecule is CC(C)(C)c1cccc(N2c3cc4c(cc3B3c5ccccc5N(c5c(-c6ccccc6)cc(C(C)(C)C)cc5-c5ccccc5)c5cc(-c6cccc7c6C6(c8ccccc8-c8ccccc86)c6ccccc6-7)cc2c53)B2c3ccccc3N(c3c(-c5ccccc5)cc(C(C)(C)C)cc3-c3ccccc3)c3cc(-c5cccc6c5C5(c7ccccc7-c7ccccc75)c5ccccc5-6)cc(c32)N4c2cccc(C(C)(C)C)c2)c1. The van der Waals surface area contributed by atoms with E-state index in [1.165, 1.54) is 155 Å². The van der Waals surface area contributed by atoms with Crippen molar-refractivity contribution in [3.05, 3.63) is 528 Å². The van der Waals surface area contributed by atoms with E-state index in [4.69, 9.17) is 0 Å². The van der Waals surface area contributed by atoms with Gasteiger partial charge in [0, 0.05) is 79.1 Å². The summed E-state index contributed by atoms with van der Waals surface area (Å²) in [5.74, 6) is 0. The highest BCUT2D eigenvalue weighted by molar-refractivity contribution is 7.03. The zero-order valence-corrected chi connectivity index (χ0v) is 86.8. The summed E-state index contributed by atoms with van der Waals surface area (Å²) in [5, 5.41) is 0. The third-order valence-electron chi connectivity index (χ3n) is 34.4. The van der Waals surface area contributed by atoms with E-state index >= 15 is 0 Å². The molecule has 0 radical (unpaired) electrons. The molecular formula is C144H112B2N4. The molecule has 21 aromatic rings. The molecule has 4 aliphatic carbocycles. The molecule has 0 amide bonds. The average Bonchev–Trinajstić information content (AvgIpc) is 1.34. The van der Waals surface area contributed by atoms with E-state index in [1.807, 2.05) is 0 Å². The quantitative estimate of drug-likeness (QED) is 0.127. The van der Waals surface area contributed by atoms with E-state index in [9.17, 15) is 0 Å². The molecule has 0 atom stereocenters. The zero-order chi connectivity index (χ0) is 101. The van der Waals surface area contributed by atoms with Crippen LogP contribution >= 0.6 is 0 Å². The van der Waals surface area contributed by atoms with Crippen LogP contribution in [0.2, 0.25) is 0 Å². The van der Waals surface area contributed by atoms with Crippen LogP contribution in [0.1, 0.15) is 150 Å². The summed E-state index contributed by atoms with van der Waals surface area (Å²) < 4.78 is 0. The molecule has 714 valence electrons. The number of nitrogens with zero attached hydrogens (tertiary/aromatic N) is 4. The molecule has 8 aliphatic rings. The number of rotatable bonds is 10. The van der Waals surface area contributed by atoms with Crippen molar-refractivity contribution >= 4 is 114 Å². The van der Waals surface area contributed by atoms with Crippen LogP contribution in [-0.4, -0.2) is 13.4 Å². The number of anilines is 12. The molecule has 4 nitrogen and oxygen atoms in total. The molecule has 0 bridgehead atoms. The van der Waals surface area contributed by atoms with Crippen molar-refractivity contribution in [1.82, 2.24) is 0 Å². The Morgan fingerprint density at radius 3 is 0.727 bits per heavy atom. The minimum Gasteiger partial charge on any atom is -0.311 e. The summed E-state index contributed by atoms with van der Waals surface area (Å²) in [5.41, 5.74) is 57.9. The maximum atomic E-state index is 2.77. The number of hydrogen-bond acceptors (Lipinski definition) is 4. The largest absolute Gasteiger partial charge is 0.311 e. The van der Waals surface area contributed by atoms with Gasteiger partial charge in [0.15, 0.2) is 0 Å². The van der Waals surface area contributed by atoms with Crippen molar-refractivity contribution in [2.24, 2.45) is 0 Å². The lowest BCUT2D eigenvalue weighted by Gasteiger charge is -2.48. The molecule has 6 heteroatoms. The number of benzene rings is 21. The Kier molecular flexibility index (Phi) is 19.5. The van der Waals surface area contributed by atoms with E-state index in [0.29, 0.717) is 0 Å². The monoisotopic (exact) mass is 1920 g/mol. The minimum absolute atomic E-state index is 0.243. The maximum absolute atomic E-state index is 2.77. The second-order valence-electron chi connectivity index (χ2n) is 46.8. The molecule has 29 rings (SSSR count). The van der Waals surface area contributed by atoms with Crippen LogP contribution in [-0.2, 0) is 32.5 Å². The number of fused-ring (bicyclic) bond motifs is 28. The third-order valence-corrected chi connectivity index (χ3v) is 34.4. The van der Waals surface area contributed by atoms with Gasteiger partial charge in [-0.3, -0.25) is 0 Å². The highest BCUT2D eigenvalue weighted by Crippen LogP contribution is 2.69. The summed E-state index contributed by atoms with van der Waals surface area (Å²) in [6.45, 7) is 27.9. The smallest absolute Gasteiger partial charge is 0.252 e. The van der Waals surface area contributed by atoms with E-state index in [1.54, 1.807) is 0 Å². The Labute approximate surface area is 882 Å². The number of para-hydroxylation sites is 2. The molecule has 0 unspecified atom stereocenters. The van der Waals surface area contributed by atoms with Gasteiger partial charge in [-0.1, -0.05) is 453 Å². The van der Waals surface area contributed by atoms with Gasteiger partial charge in [-0.25, -0.2) is 0 Å². The van der Waals surface area contributed by atoms with Gasteiger partial charge in [-0.2, -0.15) is 0 Å². The normalized spacial score (nSPS) is 14.3. The van der Waals surface area contributed by atoms with Crippen LogP contribution in [0.3, 0.4) is 0 Å². The Morgan fingerprint density at radius 1 is 0.167 bits per heavy atom. The topological polar surface area (TPSA) is 13.0 Å². The van der Waals surface area contributed by atoms with Crippen molar-refractivity contribution in [3.63, 3.8) is 0 Å². The lowest BCUT2D eigenvalue weighted by molar-refractivity contribution is 0.590. The molecule has 4 heterocycles. The van der Waals surface area contributed by atoms with Gasteiger partial charge in [0.2, 0.25) is 0 Å². The standard InChI is InChI=1S/C144H112B2N4/c1-139(2,3)95-53-41-55-99(81-95)147-127-88-128-124(87-123(127)145-121-73-37-39-75-125(121)149(137-111(89-45-17-13-18-46-89)83-97(141(7,8)9)84-112(137)90-47-19-14-20-48-90)131-79-93(77-129(147)135(131)145)101-63-43-65-109-107-61-29-35-71-119(107)143(133(101)109)115-67-31-25-57-103(115)104-58-26-32-68-116(104)143)146-122-74-38-40-76-126(122)150(138-113(91-49-21-15-22-50-91)85-98(142(10,11)12)86-114(138)92-51-23-16-24-52-92)132-80-94(78-130(136(132)146)148(128)100-56-42-54-96(82-100)140(4,5)6)102-64-44-66-110-108-62-30-36-72-120(108)144(134(102)110)117-69-33-27-59-105(117)106-60-28-34-70-118(106)144/h13-88H,1-12H3. The fourth-order valence-corrected chi connectivity index (χ4v) is 27.7. The summed E-state index contributed by atoms with van der Waals surface area (Å²) in [6.07, 6.45) is 0. The molecule has 0 aromatic heterocycles. The second-order valence-corrected chi connectivity index (χ2v) is 46.8. The van der Waals surface area contributed by atoms with Gasteiger partial charge < -0.3 is 19.6 Å². The molecule has 0 N–H and O–H groups in total. The maximum Gasteiger partial charge on any atom is 0.252 e. The van der Waals surface area contributed by atoms with Gasteiger partial charge in [0.25, 0.3) is 13.4 Å². The van der Waals surface area contributed by atoms with E-state index < -0.39 is 10.8 Å². The molecule has 0 saturated heterocycles. The van der Waals surface area contributed by atoms with Gasteiger partial charge in [-0.15, -0.1) is 0 Å². The van der Waals surface area contributed by atoms with Gasteiger partial charge in [-0.05, 0) is 301 Å². The first-order chi connectivity index (χ1) is 73.0. The van der Waals surface area contributed by atoms with E-state index in [2.05, 4.69) is 564 Å². The van der Waals surface area contributed by atoms with Gasteiger partial charge in [0.05, 0.1) is 22.2 Å². The Bertz CT molecular complexity index is 8500. The first-order valence-corrected chi connectivity index (χ1v) is 53.6. The van der Waals surface area contributed by atoms with Crippen molar-refractivity contribution in [2.75, 3.05) is 19.6 Å². The van der Waals surface area contributed by atoms with Crippen molar-refractivity contribution in [2.45, 2.75) is 116 Å². The molecule has 150 heavy (non-hydrogen) atoms. The number of hydrogen-bond donors (Lipinski definition) is 0. The lowest BCUT2D eigenvalue weighted by atomic mass is 9.30. The Morgan fingerprint density at radius 2 is 0.420 bits per heavy atom. The van der Waals surface area contributed by atoms with Crippen molar-refractivity contribution < 1.29 is 0 Å². The highest BCUT2D eigenvalue weighted by atomic mass is 15.2. The fourth-order valence-electron chi connectivity index (χ4n) is 27.7. The first-order valence-electron chi connectivity index (χ1n) is 53.6. The van der Waals surface area contributed by atoms with E-state index in [-0.39, 0.29) is 35.1 Å². The van der Waals surface area contributed by atoms with Crippen LogP contribution in [0.15, 0.2) is 461 Å². The molecule has 2 spiro atoms. The summed E-state index contributed by atoms with van der Waals surface area (Å²) in [7, 11) is 0. The first kappa shape index (κ1) is 89.4. The Balaban J connectivity index is 0.780. The van der Waals surface area contributed by atoms with Gasteiger partial charge in [0.1, 0.15) is 0 Å². The van der Waals surface area contributed by atoms with Crippen LogP contribution in [0.5, 0.6) is 0 Å². The predicted octanol–water partition coefficient (Wildman–Crippen LogP) is 33.7. The van der Waals surface area contributed by atoms with Crippen molar-refractivity contribution in [3.8, 4) is 111 Å². The summed E-state index contributed by atoms with van der Waals surface area (Å²) in [4.78, 5) is 11.0. The van der Waals surface area contributed by atoms with Crippen LogP contribution in [0.25, 0.3) is 111 Å². The third kappa shape index (κ3) is 12.8. The van der Waals surface area contributed by atoms with Crippen LogP contribution < -0.4 is 52.4 Å². The van der Waals surface area contributed by atoms with Gasteiger partial charge >= 0.3 is 0 Å². The Hall–Kier alpha value is -17.1. The van der Waals surface area contributed by atoms with Crippen LogP contribution in [0.4, 0.5) is 68.2 Å². The summed E-state index contributed by atoms with van der Waals surface area (Å²) in [6, 6.07) is 181. The molecule has 0 saturated carbocycles. The fraction of sp³-hybridized carbons (Fsp3) is 0.125. The molecular weight excluding hydrogens is 1810 g/mol. The highest BCUT2D eigenvalue weighted by Gasteiger charge is 2.57.